The Kier molecular flexibility index (Phi) is 4.09. The Morgan fingerprint density at radius 3 is 2.89 bits per heavy atom. The number of hydrogen-bond acceptors (Lipinski definition) is 3. The molecule has 1 saturated heterocycles. The molecule has 0 aromatic heterocycles. The molecule has 0 saturated carbocycles. The van der Waals surface area contributed by atoms with Crippen LogP contribution in [0.3, 0.4) is 0 Å². The van der Waals surface area contributed by atoms with Crippen molar-refractivity contribution < 1.29 is 4.79 Å². The Bertz CT molecular complexity index is 432. The molecule has 102 valence electrons. The zero-order valence-electron chi connectivity index (χ0n) is 11.0. The van der Waals surface area contributed by atoms with Crippen molar-refractivity contribution in [2.45, 2.75) is 29.4 Å². The molecule has 1 fully saturated rings. The standard InChI is InChI=1S/C15H20N2OS/c18-15(17-10-11-5-7-16-8-6-11)14-9-12-3-1-2-4-13(12)19-14/h1-4,11,14,16H,5-10H2,(H,17,18). The van der Waals surface area contributed by atoms with Crippen LogP contribution in [-0.4, -0.2) is 30.8 Å². The van der Waals surface area contributed by atoms with E-state index in [0.717, 1.165) is 26.1 Å². The number of rotatable bonds is 3. The largest absolute Gasteiger partial charge is 0.355 e. The molecular formula is C15H20N2OS. The number of fused-ring (bicyclic) bond motifs is 1. The smallest absolute Gasteiger partial charge is 0.233 e. The maximum atomic E-state index is 12.2. The van der Waals surface area contributed by atoms with Gasteiger partial charge in [-0.15, -0.1) is 11.8 Å². The van der Waals surface area contributed by atoms with Gasteiger partial charge in [0.15, 0.2) is 0 Å². The molecule has 0 radical (unpaired) electrons. The Balaban J connectivity index is 1.49. The highest BCUT2D eigenvalue weighted by molar-refractivity contribution is 8.01. The van der Waals surface area contributed by atoms with E-state index in [-0.39, 0.29) is 11.2 Å². The Hall–Kier alpha value is -1.00. The van der Waals surface area contributed by atoms with E-state index < -0.39 is 0 Å². The fourth-order valence-corrected chi connectivity index (χ4v) is 3.99. The summed E-state index contributed by atoms with van der Waals surface area (Å²) in [4.78, 5) is 13.5. The molecule has 3 nitrogen and oxygen atoms in total. The van der Waals surface area contributed by atoms with Crippen LogP contribution in [0.15, 0.2) is 29.2 Å². The number of carbonyl (C=O) groups excluding carboxylic acids is 1. The molecular weight excluding hydrogens is 256 g/mol. The predicted molar refractivity (Wildman–Crippen MR) is 78.4 cm³/mol. The molecule has 2 aliphatic heterocycles. The lowest BCUT2D eigenvalue weighted by atomic mass is 9.98. The van der Waals surface area contributed by atoms with Gasteiger partial charge in [-0.05, 0) is 49.9 Å². The minimum absolute atomic E-state index is 0.0686. The first-order valence-electron chi connectivity index (χ1n) is 7.06. The molecule has 1 atom stereocenters. The summed E-state index contributed by atoms with van der Waals surface area (Å²) in [5, 5.41) is 6.56. The molecule has 1 aromatic carbocycles. The summed E-state index contributed by atoms with van der Waals surface area (Å²) in [6.45, 7) is 3.02. The van der Waals surface area contributed by atoms with Gasteiger partial charge >= 0.3 is 0 Å². The molecule has 0 spiro atoms. The second kappa shape index (κ2) is 5.97. The molecule has 1 aromatic rings. The summed E-state index contributed by atoms with van der Waals surface area (Å²) in [7, 11) is 0. The number of benzene rings is 1. The van der Waals surface area contributed by atoms with Crippen LogP contribution < -0.4 is 10.6 Å². The molecule has 1 amide bonds. The molecule has 19 heavy (non-hydrogen) atoms. The predicted octanol–water partition coefficient (Wildman–Crippen LogP) is 1.82. The number of hydrogen-bond donors (Lipinski definition) is 2. The van der Waals surface area contributed by atoms with Crippen molar-refractivity contribution in [3.05, 3.63) is 29.8 Å². The van der Waals surface area contributed by atoms with Gasteiger partial charge in [0, 0.05) is 11.4 Å². The zero-order valence-corrected chi connectivity index (χ0v) is 11.8. The quantitative estimate of drug-likeness (QED) is 0.885. The van der Waals surface area contributed by atoms with Crippen LogP contribution in [-0.2, 0) is 11.2 Å². The lowest BCUT2D eigenvalue weighted by Gasteiger charge is -2.23. The van der Waals surface area contributed by atoms with E-state index in [4.69, 9.17) is 0 Å². The van der Waals surface area contributed by atoms with Crippen molar-refractivity contribution in [3.8, 4) is 0 Å². The second-order valence-corrected chi connectivity index (χ2v) is 6.60. The highest BCUT2D eigenvalue weighted by Crippen LogP contribution is 2.36. The van der Waals surface area contributed by atoms with Gasteiger partial charge in [-0.2, -0.15) is 0 Å². The monoisotopic (exact) mass is 276 g/mol. The van der Waals surface area contributed by atoms with Crippen molar-refractivity contribution in [1.29, 1.82) is 0 Å². The molecule has 4 heteroatoms. The van der Waals surface area contributed by atoms with Gasteiger partial charge in [-0.25, -0.2) is 0 Å². The van der Waals surface area contributed by atoms with Gasteiger partial charge in [0.1, 0.15) is 0 Å². The topological polar surface area (TPSA) is 41.1 Å². The summed E-state index contributed by atoms with van der Waals surface area (Å²) in [6, 6.07) is 8.33. The van der Waals surface area contributed by atoms with Crippen LogP contribution in [0.25, 0.3) is 0 Å². The van der Waals surface area contributed by atoms with Crippen LogP contribution in [0, 0.1) is 5.92 Å². The SMILES string of the molecule is O=C(NCC1CCNCC1)C1Cc2ccccc2S1. The van der Waals surface area contributed by atoms with Crippen molar-refractivity contribution in [2.24, 2.45) is 5.92 Å². The van der Waals surface area contributed by atoms with Crippen molar-refractivity contribution in [2.75, 3.05) is 19.6 Å². The molecule has 3 rings (SSSR count). The van der Waals surface area contributed by atoms with Crippen LogP contribution >= 0.6 is 11.8 Å². The van der Waals surface area contributed by atoms with Crippen LogP contribution in [0.5, 0.6) is 0 Å². The first kappa shape index (κ1) is 13.0. The first-order valence-corrected chi connectivity index (χ1v) is 7.94. The van der Waals surface area contributed by atoms with E-state index in [9.17, 15) is 4.79 Å². The Morgan fingerprint density at radius 1 is 1.32 bits per heavy atom. The van der Waals surface area contributed by atoms with Crippen LogP contribution in [0.2, 0.25) is 0 Å². The van der Waals surface area contributed by atoms with Crippen LogP contribution in [0.4, 0.5) is 0 Å². The lowest BCUT2D eigenvalue weighted by Crippen LogP contribution is -2.39. The minimum atomic E-state index is 0.0686. The number of thioether (sulfide) groups is 1. The van der Waals surface area contributed by atoms with E-state index in [0.29, 0.717) is 5.92 Å². The Morgan fingerprint density at radius 2 is 2.11 bits per heavy atom. The average molecular weight is 276 g/mol. The van der Waals surface area contributed by atoms with Gasteiger partial charge in [0.25, 0.3) is 0 Å². The third kappa shape index (κ3) is 3.12. The normalized spacial score (nSPS) is 23.1. The number of carbonyl (C=O) groups is 1. The van der Waals surface area contributed by atoms with Crippen molar-refractivity contribution in [3.63, 3.8) is 0 Å². The van der Waals surface area contributed by atoms with E-state index in [1.807, 2.05) is 6.07 Å². The molecule has 2 aliphatic rings. The van der Waals surface area contributed by atoms with Gasteiger partial charge in [-0.1, -0.05) is 18.2 Å². The highest BCUT2D eigenvalue weighted by atomic mass is 32.2. The second-order valence-electron chi connectivity index (χ2n) is 5.36. The molecule has 2 heterocycles. The fraction of sp³-hybridized carbons (Fsp3) is 0.533. The van der Waals surface area contributed by atoms with E-state index in [1.165, 1.54) is 23.3 Å². The summed E-state index contributed by atoms with van der Waals surface area (Å²) >= 11 is 1.71. The first-order chi connectivity index (χ1) is 9.33. The molecule has 2 N–H and O–H groups in total. The maximum absolute atomic E-state index is 12.2. The van der Waals surface area contributed by atoms with Crippen molar-refractivity contribution >= 4 is 17.7 Å². The number of piperidine rings is 1. The number of amides is 1. The van der Waals surface area contributed by atoms with Gasteiger partial charge in [0.05, 0.1) is 5.25 Å². The van der Waals surface area contributed by atoms with Gasteiger partial charge in [-0.3, -0.25) is 4.79 Å². The maximum Gasteiger partial charge on any atom is 0.233 e. The molecule has 0 aliphatic carbocycles. The van der Waals surface area contributed by atoms with Gasteiger partial charge < -0.3 is 10.6 Å². The third-order valence-corrected chi connectivity index (χ3v) is 5.28. The van der Waals surface area contributed by atoms with Crippen molar-refractivity contribution in [1.82, 2.24) is 10.6 Å². The zero-order chi connectivity index (χ0) is 13.1. The summed E-state index contributed by atoms with van der Waals surface area (Å²) < 4.78 is 0. The number of nitrogens with one attached hydrogen (secondary N) is 2. The molecule has 1 unspecified atom stereocenters. The highest BCUT2D eigenvalue weighted by Gasteiger charge is 2.28. The van der Waals surface area contributed by atoms with Gasteiger partial charge in [0.2, 0.25) is 5.91 Å². The van der Waals surface area contributed by atoms with E-state index in [1.54, 1.807) is 11.8 Å². The summed E-state index contributed by atoms with van der Waals surface area (Å²) in [5.41, 5.74) is 1.31. The minimum Gasteiger partial charge on any atom is -0.355 e. The summed E-state index contributed by atoms with van der Waals surface area (Å²) in [6.07, 6.45) is 3.23. The lowest BCUT2D eigenvalue weighted by molar-refractivity contribution is -0.120. The third-order valence-electron chi connectivity index (χ3n) is 3.96. The van der Waals surface area contributed by atoms with E-state index in [2.05, 4.69) is 28.8 Å². The van der Waals surface area contributed by atoms with Crippen LogP contribution in [0.1, 0.15) is 18.4 Å². The average Bonchev–Trinajstić information content (AvgIpc) is 2.90. The molecule has 0 bridgehead atoms. The van der Waals surface area contributed by atoms with E-state index >= 15 is 0 Å². The Labute approximate surface area is 118 Å². The fourth-order valence-electron chi connectivity index (χ4n) is 2.77. The summed E-state index contributed by atoms with van der Waals surface area (Å²) in [5.74, 6) is 0.860.